The van der Waals surface area contributed by atoms with Crippen molar-refractivity contribution in [3.63, 3.8) is 0 Å². The molecule has 0 aliphatic carbocycles. The van der Waals surface area contributed by atoms with Gasteiger partial charge in [-0.1, -0.05) is 39.8 Å². The number of aromatic hydroxyl groups is 1. The number of benzene rings is 1. The number of carboxylic acid groups (broad SMARTS) is 1. The van der Waals surface area contributed by atoms with Crippen LogP contribution in [0.25, 0.3) is 0 Å². The number of carbonyl (C=O) groups excluding carboxylic acids is 8. The second kappa shape index (κ2) is 27.8. The molecular weight excluding hydrogens is 863 g/mol. The molecule has 0 spiro atoms. The van der Waals surface area contributed by atoms with Gasteiger partial charge in [-0.05, 0) is 107 Å². The van der Waals surface area contributed by atoms with Crippen molar-refractivity contribution in [1.29, 1.82) is 0 Å². The molecule has 0 radical (unpaired) electrons. The number of hydrogen-bond donors (Lipinski definition) is 10. The lowest BCUT2D eigenvalue weighted by molar-refractivity contribution is -0.142. The van der Waals surface area contributed by atoms with E-state index in [1.807, 2.05) is 20.1 Å². The summed E-state index contributed by atoms with van der Waals surface area (Å²) in [5, 5.41) is 37.8. The molecule has 20 nitrogen and oxygen atoms in total. The largest absolute Gasteiger partial charge is 0.508 e. The van der Waals surface area contributed by atoms with Crippen LogP contribution in [0.15, 0.2) is 24.3 Å². The third-order valence-corrected chi connectivity index (χ3v) is 11.4. The van der Waals surface area contributed by atoms with E-state index in [-0.39, 0.29) is 56.2 Å². The van der Waals surface area contributed by atoms with Gasteiger partial charge in [0.1, 0.15) is 54.1 Å². The van der Waals surface area contributed by atoms with E-state index in [1.165, 1.54) is 49.6 Å². The van der Waals surface area contributed by atoms with Crippen LogP contribution in [0, 0.1) is 11.8 Å². The Bertz CT molecular complexity index is 1800. The van der Waals surface area contributed by atoms with Crippen LogP contribution in [0.1, 0.15) is 99.0 Å². The Kier molecular flexibility index (Phi) is 23.8. The number of nitrogens with zero attached hydrogens (tertiary/aromatic N) is 1. The molecule has 1 heterocycles. The molecule has 8 amide bonds. The Morgan fingerprint density at radius 2 is 1.28 bits per heavy atom. The maximum absolute atomic E-state index is 14.2. The molecule has 2 rings (SSSR count). The first-order valence-corrected chi connectivity index (χ1v) is 23.6. The summed E-state index contributed by atoms with van der Waals surface area (Å²) in [6.07, 6.45) is 3.93. The highest BCUT2D eigenvalue weighted by Gasteiger charge is 2.39. The zero-order valence-corrected chi connectivity index (χ0v) is 39.7. The van der Waals surface area contributed by atoms with Crippen molar-refractivity contribution in [3.05, 3.63) is 29.8 Å². The third kappa shape index (κ3) is 18.9. The molecule has 11 N–H and O–H groups in total. The number of rotatable bonds is 27. The standard InChI is InChI=1S/C44H71N9O11S/c1-24(2)22-33(39(58)49-31(12-9-10-19-45)37(56)47-27(6)44(63)64)51-40(59)34(23-29-14-16-30(55)17-15-29)52-41(60)35-13-11-20-53(35)43(62)26(5)46-38(57)32(18-21-65-8)50-42(61)36(25(3)4)48-28(7)54/h14-17,24-27,31-36,55H,9-13,18-23,45H2,1-8H3,(H,46,57)(H,47,56)(H,48,54)(H,49,58)(H,50,61)(H,51,59)(H,52,60)(H,63,64)/t26-,27-,31-,32-,33-,34-,35-,36-/m0/s1. The summed E-state index contributed by atoms with van der Waals surface area (Å²) in [5.74, 6) is -6.18. The second-order valence-corrected chi connectivity index (χ2v) is 18.2. The average molecular weight is 934 g/mol. The summed E-state index contributed by atoms with van der Waals surface area (Å²) < 4.78 is 0. The van der Waals surface area contributed by atoms with Gasteiger partial charge in [0, 0.05) is 19.9 Å². The summed E-state index contributed by atoms with van der Waals surface area (Å²) in [6, 6.07) is -2.98. The van der Waals surface area contributed by atoms with Gasteiger partial charge in [0.15, 0.2) is 0 Å². The van der Waals surface area contributed by atoms with Crippen LogP contribution in [0.4, 0.5) is 0 Å². The fourth-order valence-corrected chi connectivity index (χ4v) is 7.65. The van der Waals surface area contributed by atoms with Crippen molar-refractivity contribution in [3.8, 4) is 5.75 Å². The molecule has 21 heteroatoms. The Hall–Kier alpha value is -5.44. The number of likely N-dealkylation sites (tertiary alicyclic amines) is 1. The van der Waals surface area contributed by atoms with Gasteiger partial charge in [-0.15, -0.1) is 0 Å². The molecule has 1 aromatic carbocycles. The number of carboxylic acids is 1. The zero-order chi connectivity index (χ0) is 49.0. The molecule has 0 unspecified atom stereocenters. The molecule has 364 valence electrons. The number of nitrogens with two attached hydrogens (primary N) is 1. The molecule has 1 aromatic rings. The van der Waals surface area contributed by atoms with Crippen molar-refractivity contribution in [2.45, 2.75) is 148 Å². The maximum Gasteiger partial charge on any atom is 0.325 e. The number of nitrogens with one attached hydrogen (secondary N) is 7. The summed E-state index contributed by atoms with van der Waals surface area (Å²) in [4.78, 5) is 121. The van der Waals surface area contributed by atoms with Crippen molar-refractivity contribution in [2.75, 3.05) is 25.1 Å². The summed E-state index contributed by atoms with van der Waals surface area (Å²) in [6.45, 7) is 11.7. The number of carbonyl (C=O) groups is 9. The fraction of sp³-hybridized carbons (Fsp3) is 0.659. The molecule has 1 aliphatic rings. The highest BCUT2D eigenvalue weighted by molar-refractivity contribution is 7.98. The highest BCUT2D eigenvalue weighted by atomic mass is 32.2. The first-order chi connectivity index (χ1) is 30.6. The van der Waals surface area contributed by atoms with Crippen LogP contribution in [-0.2, 0) is 49.6 Å². The van der Waals surface area contributed by atoms with Crippen LogP contribution < -0.4 is 43.0 Å². The van der Waals surface area contributed by atoms with Gasteiger partial charge in [0.2, 0.25) is 47.3 Å². The Morgan fingerprint density at radius 1 is 0.723 bits per heavy atom. The van der Waals surface area contributed by atoms with Gasteiger partial charge < -0.3 is 58.1 Å². The molecule has 0 bridgehead atoms. The van der Waals surface area contributed by atoms with Crippen LogP contribution in [0.5, 0.6) is 5.75 Å². The third-order valence-electron chi connectivity index (χ3n) is 10.8. The normalized spacial score (nSPS) is 16.8. The number of unbranched alkanes of at least 4 members (excludes halogenated alkanes) is 1. The number of phenolic OH excluding ortho intramolecular Hbond substituents is 1. The van der Waals surface area contributed by atoms with E-state index >= 15 is 0 Å². The Balaban J connectivity index is 2.34. The lowest BCUT2D eigenvalue weighted by Gasteiger charge is -2.30. The predicted molar refractivity (Wildman–Crippen MR) is 245 cm³/mol. The minimum atomic E-state index is -1.29. The minimum absolute atomic E-state index is 0.0284. The van der Waals surface area contributed by atoms with E-state index in [0.29, 0.717) is 37.1 Å². The number of amides is 8. The molecular formula is C44H71N9O11S. The van der Waals surface area contributed by atoms with Crippen LogP contribution in [-0.4, -0.2) is 142 Å². The van der Waals surface area contributed by atoms with E-state index in [1.54, 1.807) is 26.0 Å². The lowest BCUT2D eigenvalue weighted by Crippen LogP contribution is -2.60. The number of thioether (sulfide) groups is 1. The van der Waals surface area contributed by atoms with E-state index in [0.717, 1.165) is 0 Å². The molecule has 65 heavy (non-hydrogen) atoms. The van der Waals surface area contributed by atoms with Gasteiger partial charge in [0.05, 0.1) is 0 Å². The smallest absolute Gasteiger partial charge is 0.325 e. The van der Waals surface area contributed by atoms with Crippen LogP contribution >= 0.6 is 11.8 Å². The van der Waals surface area contributed by atoms with Gasteiger partial charge in [-0.3, -0.25) is 43.2 Å². The van der Waals surface area contributed by atoms with E-state index in [9.17, 15) is 53.4 Å². The Labute approximate surface area is 385 Å². The van der Waals surface area contributed by atoms with E-state index in [4.69, 9.17) is 5.73 Å². The summed E-state index contributed by atoms with van der Waals surface area (Å²) in [7, 11) is 0. The molecule has 0 aromatic heterocycles. The van der Waals surface area contributed by atoms with Crippen LogP contribution in [0.2, 0.25) is 0 Å². The topological polar surface area (TPSA) is 308 Å². The number of phenols is 1. The quantitative estimate of drug-likeness (QED) is 0.0523. The van der Waals surface area contributed by atoms with E-state index in [2.05, 4.69) is 37.2 Å². The number of aliphatic carboxylic acids is 1. The second-order valence-electron chi connectivity index (χ2n) is 17.2. The molecule has 1 saturated heterocycles. The van der Waals surface area contributed by atoms with Gasteiger partial charge in [-0.2, -0.15) is 11.8 Å². The molecule has 1 aliphatic heterocycles. The minimum Gasteiger partial charge on any atom is -0.508 e. The molecule has 1 fully saturated rings. The molecule has 8 atom stereocenters. The Morgan fingerprint density at radius 3 is 1.83 bits per heavy atom. The number of hydrogen-bond acceptors (Lipinski definition) is 12. The SMILES string of the molecule is CSCC[C@H](NC(=O)[C@@H](NC(C)=O)C(C)C)C(=O)N[C@@H](C)C(=O)N1CCC[C@H]1C(=O)N[C@@H](Cc1ccc(O)cc1)C(=O)N[C@@H](CC(C)C)C(=O)N[C@@H](CCCCN)C(=O)N[C@@H](C)C(=O)O. The van der Waals surface area contributed by atoms with Crippen molar-refractivity contribution < 1.29 is 53.4 Å². The zero-order valence-electron chi connectivity index (χ0n) is 38.9. The predicted octanol–water partition coefficient (Wildman–Crippen LogP) is 0.0478. The fourth-order valence-electron chi connectivity index (χ4n) is 7.18. The van der Waals surface area contributed by atoms with Crippen molar-refractivity contribution >= 4 is 65.0 Å². The van der Waals surface area contributed by atoms with Gasteiger partial charge in [0.25, 0.3) is 0 Å². The highest BCUT2D eigenvalue weighted by Crippen LogP contribution is 2.20. The van der Waals surface area contributed by atoms with Crippen molar-refractivity contribution in [2.24, 2.45) is 17.6 Å². The van der Waals surface area contributed by atoms with Crippen LogP contribution in [0.3, 0.4) is 0 Å². The average Bonchev–Trinajstić information content (AvgIpc) is 3.73. The summed E-state index contributed by atoms with van der Waals surface area (Å²) in [5.41, 5.74) is 6.19. The monoisotopic (exact) mass is 933 g/mol. The van der Waals surface area contributed by atoms with Gasteiger partial charge >= 0.3 is 5.97 Å². The summed E-state index contributed by atoms with van der Waals surface area (Å²) >= 11 is 1.46. The molecule has 0 saturated carbocycles. The lowest BCUT2D eigenvalue weighted by atomic mass is 10.00. The van der Waals surface area contributed by atoms with Crippen molar-refractivity contribution in [1.82, 2.24) is 42.1 Å². The first-order valence-electron chi connectivity index (χ1n) is 22.2. The maximum atomic E-state index is 14.2. The first kappa shape index (κ1) is 55.7. The van der Waals surface area contributed by atoms with E-state index < -0.39 is 102 Å². The van der Waals surface area contributed by atoms with Gasteiger partial charge in [-0.25, -0.2) is 0 Å².